The molecule has 1 unspecified atom stereocenters. The van der Waals surface area contributed by atoms with Crippen molar-refractivity contribution in [3.05, 3.63) is 71.4 Å². The van der Waals surface area contributed by atoms with E-state index in [1.54, 1.807) is 18.2 Å². The molecule has 0 amide bonds. The maximum absolute atomic E-state index is 14.7. The SMILES string of the molecule is CC1(C)CC2=NN(c3ccccc3)P(=S)(Oc3ccccc3F)C2=C(N2CCCCC2)C1. The van der Waals surface area contributed by atoms with Gasteiger partial charge in [0, 0.05) is 18.8 Å². The number of likely N-dealkylation sites (tertiary alicyclic amines) is 1. The van der Waals surface area contributed by atoms with Crippen LogP contribution in [-0.4, -0.2) is 23.7 Å². The fourth-order valence-corrected chi connectivity index (χ4v) is 8.61. The Labute approximate surface area is 194 Å². The Kier molecular flexibility index (Phi) is 5.63. The van der Waals surface area contributed by atoms with Gasteiger partial charge < -0.3 is 9.42 Å². The van der Waals surface area contributed by atoms with Crippen LogP contribution in [0.2, 0.25) is 0 Å². The second kappa shape index (κ2) is 8.31. The van der Waals surface area contributed by atoms with Crippen LogP contribution in [0.3, 0.4) is 0 Å². The molecule has 168 valence electrons. The van der Waals surface area contributed by atoms with Crippen molar-refractivity contribution in [2.75, 3.05) is 17.9 Å². The topological polar surface area (TPSA) is 28.1 Å². The molecule has 1 saturated heterocycles. The molecule has 0 saturated carbocycles. The monoisotopic (exact) mass is 469 g/mol. The molecule has 1 aliphatic carbocycles. The fourth-order valence-electron chi connectivity index (χ4n) is 4.91. The first-order valence-electron chi connectivity index (χ1n) is 11.3. The van der Waals surface area contributed by atoms with E-state index < -0.39 is 12.2 Å². The highest BCUT2D eigenvalue weighted by molar-refractivity contribution is 8.15. The van der Waals surface area contributed by atoms with Crippen LogP contribution >= 0.6 is 6.42 Å². The van der Waals surface area contributed by atoms with Gasteiger partial charge in [-0.05, 0) is 73.6 Å². The summed E-state index contributed by atoms with van der Waals surface area (Å²) >= 11 is 6.38. The zero-order valence-electron chi connectivity index (χ0n) is 18.6. The lowest BCUT2D eigenvalue weighted by Gasteiger charge is -2.41. The van der Waals surface area contributed by atoms with E-state index in [2.05, 4.69) is 18.7 Å². The fraction of sp³-hybridized carbons (Fsp3) is 0.400. The zero-order valence-corrected chi connectivity index (χ0v) is 20.3. The number of rotatable bonds is 4. The van der Waals surface area contributed by atoms with Gasteiger partial charge >= 0.3 is 0 Å². The van der Waals surface area contributed by atoms with Gasteiger partial charge in [-0.15, -0.1) is 0 Å². The number of nitrogens with zero attached hydrogens (tertiary/aromatic N) is 3. The Morgan fingerprint density at radius 3 is 2.38 bits per heavy atom. The number of piperidine rings is 1. The minimum Gasteiger partial charge on any atom is -0.440 e. The van der Waals surface area contributed by atoms with Gasteiger partial charge in [0.1, 0.15) is 0 Å². The molecule has 2 heterocycles. The molecule has 4 nitrogen and oxygen atoms in total. The van der Waals surface area contributed by atoms with Gasteiger partial charge in [-0.25, -0.2) is 4.39 Å². The van der Waals surface area contributed by atoms with Gasteiger partial charge in [-0.3, -0.25) is 0 Å². The molecule has 32 heavy (non-hydrogen) atoms. The highest BCUT2D eigenvalue weighted by Crippen LogP contribution is 2.67. The number of hydrazone groups is 1. The second-order valence-corrected chi connectivity index (χ2v) is 13.1. The van der Waals surface area contributed by atoms with Gasteiger partial charge in [-0.1, -0.05) is 44.2 Å². The first kappa shape index (κ1) is 21.7. The van der Waals surface area contributed by atoms with Crippen LogP contribution in [0, 0.1) is 11.2 Å². The molecule has 2 aromatic rings. The van der Waals surface area contributed by atoms with Crippen molar-refractivity contribution in [2.24, 2.45) is 10.5 Å². The highest BCUT2D eigenvalue weighted by Gasteiger charge is 2.49. The van der Waals surface area contributed by atoms with Crippen molar-refractivity contribution in [3.8, 4) is 5.75 Å². The van der Waals surface area contributed by atoms with Crippen LogP contribution in [0.4, 0.5) is 10.1 Å². The number of fused-ring (bicyclic) bond motifs is 1. The molecule has 3 aliphatic rings. The smallest absolute Gasteiger partial charge is 0.258 e. The summed E-state index contributed by atoms with van der Waals surface area (Å²) in [4.78, 5) is 2.50. The molecule has 0 N–H and O–H groups in total. The molecular formula is C25H29FN3OPS. The maximum atomic E-state index is 14.7. The number of hydrogen-bond acceptors (Lipinski definition) is 4. The van der Waals surface area contributed by atoms with Crippen LogP contribution in [-0.2, 0) is 11.8 Å². The Balaban J connectivity index is 1.70. The first-order valence-corrected chi connectivity index (χ1v) is 14.0. The highest BCUT2D eigenvalue weighted by atomic mass is 32.4. The average Bonchev–Trinajstić information content (AvgIpc) is 3.07. The predicted octanol–water partition coefficient (Wildman–Crippen LogP) is 6.91. The first-order chi connectivity index (χ1) is 15.4. The van der Waals surface area contributed by atoms with E-state index >= 15 is 0 Å². The van der Waals surface area contributed by atoms with E-state index in [0.29, 0.717) is 0 Å². The van der Waals surface area contributed by atoms with E-state index in [0.717, 1.165) is 42.6 Å². The minimum atomic E-state index is -2.90. The average molecular weight is 470 g/mol. The largest absolute Gasteiger partial charge is 0.440 e. The quantitative estimate of drug-likeness (QED) is 0.455. The van der Waals surface area contributed by atoms with Gasteiger partial charge in [0.05, 0.1) is 16.7 Å². The maximum Gasteiger partial charge on any atom is 0.258 e. The van der Waals surface area contributed by atoms with Crippen molar-refractivity contribution in [2.45, 2.75) is 46.0 Å². The van der Waals surface area contributed by atoms with Gasteiger partial charge in [-0.2, -0.15) is 9.88 Å². The van der Waals surface area contributed by atoms with Gasteiger partial charge in [0.15, 0.2) is 11.6 Å². The van der Waals surface area contributed by atoms with Gasteiger partial charge in [0.2, 0.25) is 0 Å². The Hall–Kier alpha value is -2.17. The Morgan fingerprint density at radius 1 is 0.969 bits per heavy atom. The molecule has 0 radical (unpaired) electrons. The third-order valence-electron chi connectivity index (χ3n) is 6.37. The summed E-state index contributed by atoms with van der Waals surface area (Å²) < 4.78 is 23.1. The van der Waals surface area contributed by atoms with Crippen molar-refractivity contribution >= 4 is 29.6 Å². The van der Waals surface area contributed by atoms with E-state index in [9.17, 15) is 4.39 Å². The second-order valence-electron chi connectivity index (χ2n) is 9.57. The number of hydrogen-bond donors (Lipinski definition) is 0. The summed E-state index contributed by atoms with van der Waals surface area (Å²) in [5, 5.41) is 6.11. The number of anilines is 1. The minimum absolute atomic E-state index is 0.0833. The molecule has 0 spiro atoms. The summed E-state index contributed by atoms with van der Waals surface area (Å²) in [7, 11) is 0. The zero-order chi connectivity index (χ0) is 22.3. The molecule has 1 fully saturated rings. The molecule has 0 bridgehead atoms. The van der Waals surface area contributed by atoms with Crippen molar-refractivity contribution in [3.63, 3.8) is 0 Å². The molecule has 1 atom stereocenters. The number of benzene rings is 2. The lowest BCUT2D eigenvalue weighted by atomic mass is 9.78. The summed E-state index contributed by atoms with van der Waals surface area (Å²) in [5.41, 5.74) is 3.24. The number of halogens is 1. The van der Waals surface area contributed by atoms with Crippen molar-refractivity contribution in [1.29, 1.82) is 0 Å². The third kappa shape index (κ3) is 3.88. The third-order valence-corrected chi connectivity index (χ3v) is 9.95. The summed E-state index contributed by atoms with van der Waals surface area (Å²) in [6, 6.07) is 16.5. The van der Waals surface area contributed by atoms with Crippen molar-refractivity contribution < 1.29 is 8.91 Å². The molecule has 2 aromatic carbocycles. The van der Waals surface area contributed by atoms with Crippen molar-refractivity contribution in [1.82, 2.24) is 4.90 Å². The van der Waals surface area contributed by atoms with Crippen LogP contribution in [0.1, 0.15) is 46.0 Å². The lowest BCUT2D eigenvalue weighted by molar-refractivity contribution is 0.240. The molecule has 7 heteroatoms. The van der Waals surface area contributed by atoms with Crippen LogP contribution in [0.5, 0.6) is 5.75 Å². The standard InChI is InChI=1S/C25H29FN3OPS/c1-25(2)17-21-24(22(18-25)28-15-9-4-10-16-28)31(32,30-23-14-8-7-13-20(23)26)29(27-21)19-11-5-3-6-12-19/h3,5-8,11-14H,4,9-10,15-18H2,1-2H3. The van der Waals surface area contributed by atoms with E-state index in [4.69, 9.17) is 21.4 Å². The van der Waals surface area contributed by atoms with E-state index in [1.807, 2.05) is 35.1 Å². The Bertz CT molecular complexity index is 1130. The molecule has 5 rings (SSSR count). The number of allylic oxidation sites excluding steroid dienone is 2. The van der Waals surface area contributed by atoms with Gasteiger partial charge in [0.25, 0.3) is 6.42 Å². The normalized spacial score (nSPS) is 24.9. The molecular weight excluding hydrogens is 440 g/mol. The van der Waals surface area contributed by atoms with Crippen LogP contribution in [0.15, 0.2) is 70.7 Å². The van der Waals surface area contributed by atoms with E-state index in [-0.39, 0.29) is 11.2 Å². The molecule has 0 aromatic heterocycles. The van der Waals surface area contributed by atoms with Crippen LogP contribution < -0.4 is 9.30 Å². The van der Waals surface area contributed by atoms with Crippen LogP contribution in [0.25, 0.3) is 0 Å². The van der Waals surface area contributed by atoms with E-state index in [1.165, 1.54) is 31.0 Å². The summed E-state index contributed by atoms with van der Waals surface area (Å²) in [6.45, 7) is 6.65. The summed E-state index contributed by atoms with van der Waals surface area (Å²) in [5.74, 6) is -0.196. The number of para-hydroxylation sites is 2. The predicted molar refractivity (Wildman–Crippen MR) is 133 cm³/mol. The molecule has 2 aliphatic heterocycles. The lowest BCUT2D eigenvalue weighted by Crippen LogP contribution is -2.36. The Morgan fingerprint density at radius 2 is 1.66 bits per heavy atom. The summed E-state index contributed by atoms with van der Waals surface area (Å²) in [6.07, 6.45) is 2.50.